The van der Waals surface area contributed by atoms with Crippen LogP contribution in [0.25, 0.3) is 0 Å². The van der Waals surface area contributed by atoms with Crippen LogP contribution in [0.3, 0.4) is 0 Å². The lowest BCUT2D eigenvalue weighted by Crippen LogP contribution is -2.39. The maximum absolute atomic E-state index is 10.9. The zero-order valence-electron chi connectivity index (χ0n) is 11.5. The van der Waals surface area contributed by atoms with Crippen molar-refractivity contribution in [1.29, 1.82) is 0 Å². The highest BCUT2D eigenvalue weighted by molar-refractivity contribution is 5.53. The van der Waals surface area contributed by atoms with Crippen LogP contribution in [0.4, 0.5) is 0 Å². The lowest BCUT2D eigenvalue weighted by atomic mass is 9.94. The number of hydrogen-bond acceptors (Lipinski definition) is 4. The summed E-state index contributed by atoms with van der Waals surface area (Å²) in [7, 11) is 1.63. The van der Waals surface area contributed by atoms with E-state index >= 15 is 0 Å². The summed E-state index contributed by atoms with van der Waals surface area (Å²) >= 11 is 0. The van der Waals surface area contributed by atoms with Gasteiger partial charge in [-0.15, -0.1) is 0 Å². The van der Waals surface area contributed by atoms with E-state index in [1.807, 2.05) is 38.1 Å². The number of rotatable bonds is 4. The minimum atomic E-state index is -0.408. The minimum absolute atomic E-state index is 0.0987. The van der Waals surface area contributed by atoms with Gasteiger partial charge in [0.25, 0.3) is 0 Å². The van der Waals surface area contributed by atoms with E-state index in [0.717, 1.165) is 17.6 Å². The highest BCUT2D eigenvalue weighted by Crippen LogP contribution is 2.32. The van der Waals surface area contributed by atoms with Crippen LogP contribution >= 0.6 is 0 Å². The van der Waals surface area contributed by atoms with Gasteiger partial charge in [0, 0.05) is 17.4 Å². The van der Waals surface area contributed by atoms with Gasteiger partial charge >= 0.3 is 0 Å². The molecule has 0 saturated carbocycles. The van der Waals surface area contributed by atoms with Crippen molar-refractivity contribution >= 4 is 6.29 Å². The van der Waals surface area contributed by atoms with Crippen LogP contribution in [-0.4, -0.2) is 26.1 Å². The van der Waals surface area contributed by atoms with Gasteiger partial charge in [0.15, 0.2) is 6.29 Å². The number of carbonyl (C=O) groups excluding carboxylic acids is 1. The van der Waals surface area contributed by atoms with Gasteiger partial charge in [-0.05, 0) is 12.1 Å². The summed E-state index contributed by atoms with van der Waals surface area (Å²) in [5.41, 5.74) is 0.941. The van der Waals surface area contributed by atoms with E-state index in [4.69, 9.17) is 14.2 Å². The Kier molecular flexibility index (Phi) is 4.56. The summed E-state index contributed by atoms with van der Waals surface area (Å²) in [5.74, 6) is 0.889. The number of ether oxygens (including phenoxy) is 3. The SMILES string of the molecule is COc1ccc([C@@H]2OC[C@@H](C)[C@H]([C@@H](C)C=O)O2)cc1. The third-order valence-electron chi connectivity index (χ3n) is 3.47. The summed E-state index contributed by atoms with van der Waals surface area (Å²) in [6.45, 7) is 4.51. The summed E-state index contributed by atoms with van der Waals surface area (Å²) in [6, 6.07) is 7.58. The Balaban J connectivity index is 2.10. The van der Waals surface area contributed by atoms with Crippen molar-refractivity contribution in [2.75, 3.05) is 13.7 Å². The van der Waals surface area contributed by atoms with Crippen LogP contribution in [0.2, 0.25) is 0 Å². The zero-order valence-corrected chi connectivity index (χ0v) is 11.5. The molecule has 1 aliphatic heterocycles. The second-order valence-electron chi connectivity index (χ2n) is 5.01. The number of carbonyl (C=O) groups is 1. The van der Waals surface area contributed by atoms with Crippen LogP contribution in [0.1, 0.15) is 25.7 Å². The molecule has 0 aromatic heterocycles. The molecule has 2 rings (SSSR count). The predicted molar refractivity (Wildman–Crippen MR) is 71.0 cm³/mol. The molecule has 1 aromatic rings. The molecule has 19 heavy (non-hydrogen) atoms. The van der Waals surface area contributed by atoms with Gasteiger partial charge in [0.05, 0.1) is 19.8 Å². The smallest absolute Gasteiger partial charge is 0.184 e. The van der Waals surface area contributed by atoms with Crippen LogP contribution in [-0.2, 0) is 14.3 Å². The summed E-state index contributed by atoms with van der Waals surface area (Å²) < 4.78 is 16.7. The van der Waals surface area contributed by atoms with Gasteiger partial charge in [-0.25, -0.2) is 0 Å². The van der Waals surface area contributed by atoms with Gasteiger partial charge in [-0.3, -0.25) is 0 Å². The molecule has 0 unspecified atom stereocenters. The standard InChI is InChI=1S/C15H20O4/c1-10(8-16)14-11(2)9-18-15(19-14)12-4-6-13(17-3)7-5-12/h4-8,10-11,14-15H,9H2,1-3H3/t10-,11+,14-,15+/m0/s1. The average Bonchev–Trinajstić information content (AvgIpc) is 2.47. The quantitative estimate of drug-likeness (QED) is 0.784. The highest BCUT2D eigenvalue weighted by atomic mass is 16.7. The number of benzene rings is 1. The van der Waals surface area contributed by atoms with E-state index in [2.05, 4.69) is 0 Å². The molecule has 1 saturated heterocycles. The molecule has 0 spiro atoms. The Bertz CT molecular complexity index is 415. The topological polar surface area (TPSA) is 44.8 Å². The van der Waals surface area contributed by atoms with E-state index < -0.39 is 6.29 Å². The Morgan fingerprint density at radius 2 is 2.05 bits per heavy atom. The van der Waals surface area contributed by atoms with E-state index in [9.17, 15) is 4.79 Å². The largest absolute Gasteiger partial charge is 0.497 e. The van der Waals surface area contributed by atoms with Crippen LogP contribution in [0, 0.1) is 11.8 Å². The fourth-order valence-electron chi connectivity index (χ4n) is 2.31. The maximum atomic E-state index is 10.9. The van der Waals surface area contributed by atoms with Gasteiger partial charge in [0.2, 0.25) is 0 Å². The third-order valence-corrected chi connectivity index (χ3v) is 3.47. The molecule has 1 fully saturated rings. The van der Waals surface area contributed by atoms with Crippen molar-refractivity contribution in [2.24, 2.45) is 11.8 Å². The van der Waals surface area contributed by atoms with Crippen molar-refractivity contribution in [3.05, 3.63) is 29.8 Å². The molecule has 104 valence electrons. The monoisotopic (exact) mass is 264 g/mol. The molecule has 4 heteroatoms. The molecule has 0 aliphatic carbocycles. The summed E-state index contributed by atoms with van der Waals surface area (Å²) in [5, 5.41) is 0. The molecule has 0 bridgehead atoms. The first-order valence-electron chi connectivity index (χ1n) is 6.52. The van der Waals surface area contributed by atoms with Gasteiger partial charge in [-0.2, -0.15) is 0 Å². The maximum Gasteiger partial charge on any atom is 0.184 e. The molecule has 4 nitrogen and oxygen atoms in total. The van der Waals surface area contributed by atoms with Gasteiger partial charge in [-0.1, -0.05) is 26.0 Å². The van der Waals surface area contributed by atoms with Gasteiger partial charge in [0.1, 0.15) is 12.0 Å². The second kappa shape index (κ2) is 6.17. The van der Waals surface area contributed by atoms with E-state index in [-0.39, 0.29) is 17.9 Å². The zero-order chi connectivity index (χ0) is 13.8. The number of aldehydes is 1. The number of methoxy groups -OCH3 is 1. The molecular weight excluding hydrogens is 244 g/mol. The van der Waals surface area contributed by atoms with Crippen molar-refractivity contribution in [3.63, 3.8) is 0 Å². The predicted octanol–water partition coefficient (Wildman–Crippen LogP) is 2.58. The molecule has 1 heterocycles. The Hall–Kier alpha value is -1.39. The molecule has 0 N–H and O–H groups in total. The van der Waals surface area contributed by atoms with Crippen molar-refractivity contribution in [3.8, 4) is 5.75 Å². The summed E-state index contributed by atoms with van der Waals surface area (Å²) in [6.07, 6.45) is 0.435. The molecule has 0 radical (unpaired) electrons. The summed E-state index contributed by atoms with van der Waals surface area (Å²) in [4.78, 5) is 10.9. The molecular formula is C15H20O4. The van der Waals surface area contributed by atoms with Crippen LogP contribution < -0.4 is 4.74 Å². The normalized spacial score (nSPS) is 28.7. The third kappa shape index (κ3) is 3.14. The van der Waals surface area contributed by atoms with E-state index in [1.54, 1.807) is 7.11 Å². The van der Waals surface area contributed by atoms with Gasteiger partial charge < -0.3 is 19.0 Å². The lowest BCUT2D eigenvalue weighted by Gasteiger charge is -2.36. The lowest BCUT2D eigenvalue weighted by molar-refractivity contribution is -0.246. The first-order valence-corrected chi connectivity index (χ1v) is 6.52. The van der Waals surface area contributed by atoms with Crippen molar-refractivity contribution < 1.29 is 19.0 Å². The second-order valence-corrected chi connectivity index (χ2v) is 5.01. The van der Waals surface area contributed by atoms with Crippen molar-refractivity contribution in [2.45, 2.75) is 26.2 Å². The first-order chi connectivity index (χ1) is 9.15. The first kappa shape index (κ1) is 14.0. The Morgan fingerprint density at radius 3 is 2.63 bits per heavy atom. The highest BCUT2D eigenvalue weighted by Gasteiger charge is 2.33. The van der Waals surface area contributed by atoms with Crippen LogP contribution in [0.15, 0.2) is 24.3 Å². The molecule has 0 amide bonds. The molecule has 1 aliphatic rings. The average molecular weight is 264 g/mol. The van der Waals surface area contributed by atoms with E-state index in [0.29, 0.717) is 6.61 Å². The number of hydrogen-bond donors (Lipinski definition) is 0. The fourth-order valence-corrected chi connectivity index (χ4v) is 2.31. The Labute approximate surface area is 113 Å². The Morgan fingerprint density at radius 1 is 1.37 bits per heavy atom. The minimum Gasteiger partial charge on any atom is -0.497 e. The molecule has 4 atom stereocenters. The van der Waals surface area contributed by atoms with Crippen molar-refractivity contribution in [1.82, 2.24) is 0 Å². The fraction of sp³-hybridized carbons (Fsp3) is 0.533. The molecule has 1 aromatic carbocycles. The van der Waals surface area contributed by atoms with E-state index in [1.165, 1.54) is 0 Å². The van der Waals surface area contributed by atoms with Crippen LogP contribution in [0.5, 0.6) is 5.75 Å².